The van der Waals surface area contributed by atoms with E-state index in [-0.39, 0.29) is 17.2 Å². The van der Waals surface area contributed by atoms with E-state index in [0.717, 1.165) is 6.42 Å². The van der Waals surface area contributed by atoms with E-state index < -0.39 is 0 Å². The summed E-state index contributed by atoms with van der Waals surface area (Å²) >= 11 is 0. The lowest BCUT2D eigenvalue weighted by Gasteiger charge is -2.25. The van der Waals surface area contributed by atoms with Crippen LogP contribution in [0.1, 0.15) is 32.8 Å². The van der Waals surface area contributed by atoms with Crippen molar-refractivity contribution in [3.05, 3.63) is 35.9 Å². The third-order valence-corrected chi connectivity index (χ3v) is 3.71. The summed E-state index contributed by atoms with van der Waals surface area (Å²) in [5.74, 6) is 1.07. The third kappa shape index (κ3) is 2.87. The molecule has 2 atom stereocenters. The molecule has 2 nitrogen and oxygen atoms in total. The van der Waals surface area contributed by atoms with Gasteiger partial charge in [0.2, 0.25) is 5.91 Å². The van der Waals surface area contributed by atoms with Crippen LogP contribution >= 0.6 is 0 Å². The van der Waals surface area contributed by atoms with Crippen LogP contribution in [0.2, 0.25) is 0 Å². The molecule has 1 saturated carbocycles. The highest BCUT2D eigenvalue weighted by atomic mass is 16.2. The Hall–Kier alpha value is -1.31. The summed E-state index contributed by atoms with van der Waals surface area (Å²) in [6.45, 7) is 7.17. The second-order valence-corrected chi connectivity index (χ2v) is 5.79. The Morgan fingerprint density at radius 3 is 2.47 bits per heavy atom. The van der Waals surface area contributed by atoms with Gasteiger partial charge in [-0.2, -0.15) is 0 Å². The summed E-state index contributed by atoms with van der Waals surface area (Å²) in [7, 11) is 0. The predicted octanol–water partition coefficient (Wildman–Crippen LogP) is 2.74. The van der Waals surface area contributed by atoms with Crippen molar-refractivity contribution in [2.24, 2.45) is 11.8 Å². The van der Waals surface area contributed by atoms with Crippen LogP contribution < -0.4 is 5.32 Å². The van der Waals surface area contributed by atoms with E-state index >= 15 is 0 Å². The topological polar surface area (TPSA) is 29.1 Å². The zero-order chi connectivity index (χ0) is 12.5. The summed E-state index contributed by atoms with van der Waals surface area (Å²) in [5.41, 5.74) is 1.26. The molecule has 2 rings (SSSR count). The fourth-order valence-electron chi connectivity index (χ4n) is 2.12. The highest BCUT2D eigenvalue weighted by Gasteiger charge is 2.39. The van der Waals surface area contributed by atoms with Crippen molar-refractivity contribution in [1.82, 2.24) is 5.32 Å². The highest BCUT2D eigenvalue weighted by Crippen LogP contribution is 2.37. The normalized spacial score (nSPS) is 23.2. The first kappa shape index (κ1) is 12.2. The summed E-state index contributed by atoms with van der Waals surface area (Å²) in [5, 5.41) is 3.07. The zero-order valence-electron chi connectivity index (χ0n) is 10.9. The summed E-state index contributed by atoms with van der Waals surface area (Å²) in [6.07, 6.45) is 1.05. The van der Waals surface area contributed by atoms with E-state index in [2.05, 4.69) is 38.2 Å². The van der Waals surface area contributed by atoms with Crippen molar-refractivity contribution in [2.75, 3.05) is 6.54 Å². The molecule has 0 spiro atoms. The van der Waals surface area contributed by atoms with Crippen molar-refractivity contribution < 1.29 is 4.79 Å². The molecular weight excluding hydrogens is 210 g/mol. The quantitative estimate of drug-likeness (QED) is 0.848. The Kier molecular flexibility index (Phi) is 3.23. The van der Waals surface area contributed by atoms with Gasteiger partial charge >= 0.3 is 0 Å². The first-order valence-corrected chi connectivity index (χ1v) is 6.34. The van der Waals surface area contributed by atoms with Crippen LogP contribution in [0.15, 0.2) is 30.3 Å². The average molecular weight is 231 g/mol. The molecule has 0 heterocycles. The number of carbonyl (C=O) groups excluding carboxylic acids is 1. The van der Waals surface area contributed by atoms with Gasteiger partial charge in [0.1, 0.15) is 0 Å². The number of amides is 1. The number of nitrogens with one attached hydrogen (secondary N) is 1. The number of hydrogen-bond acceptors (Lipinski definition) is 1. The largest absolute Gasteiger partial charge is 0.355 e. The molecule has 1 aliphatic rings. The van der Waals surface area contributed by atoms with E-state index in [1.54, 1.807) is 0 Å². The minimum absolute atomic E-state index is 0.00491. The molecule has 0 radical (unpaired) electrons. The molecule has 0 aliphatic heterocycles. The first-order valence-electron chi connectivity index (χ1n) is 6.34. The van der Waals surface area contributed by atoms with E-state index in [1.165, 1.54) is 5.56 Å². The van der Waals surface area contributed by atoms with Crippen LogP contribution in [0, 0.1) is 11.8 Å². The molecule has 2 unspecified atom stereocenters. The van der Waals surface area contributed by atoms with Crippen molar-refractivity contribution >= 4 is 5.91 Å². The summed E-state index contributed by atoms with van der Waals surface area (Å²) in [6, 6.07) is 10.3. The van der Waals surface area contributed by atoms with Crippen LogP contribution in [0.4, 0.5) is 0 Å². The van der Waals surface area contributed by atoms with Crippen LogP contribution in [0.3, 0.4) is 0 Å². The lowest BCUT2D eigenvalue weighted by atomic mass is 9.84. The Balaban J connectivity index is 1.91. The molecule has 1 amide bonds. The highest BCUT2D eigenvalue weighted by molar-refractivity contribution is 5.81. The molecule has 0 aromatic heterocycles. The predicted molar refractivity (Wildman–Crippen MR) is 69.7 cm³/mol. The van der Waals surface area contributed by atoms with Gasteiger partial charge in [-0.05, 0) is 17.9 Å². The van der Waals surface area contributed by atoms with Gasteiger partial charge in [0.25, 0.3) is 0 Å². The lowest BCUT2D eigenvalue weighted by molar-refractivity contribution is -0.122. The molecular formula is C15H21NO. The van der Waals surface area contributed by atoms with Gasteiger partial charge in [0, 0.05) is 17.9 Å². The van der Waals surface area contributed by atoms with Crippen molar-refractivity contribution in [3.63, 3.8) is 0 Å². The minimum Gasteiger partial charge on any atom is -0.355 e. The van der Waals surface area contributed by atoms with E-state index in [9.17, 15) is 4.79 Å². The second kappa shape index (κ2) is 4.52. The van der Waals surface area contributed by atoms with Crippen molar-refractivity contribution in [1.29, 1.82) is 0 Å². The molecule has 0 saturated heterocycles. The molecule has 0 bridgehead atoms. The Bertz CT molecular complexity index is 397. The van der Waals surface area contributed by atoms with E-state index in [0.29, 0.717) is 12.5 Å². The summed E-state index contributed by atoms with van der Waals surface area (Å²) < 4.78 is 0. The standard InChI is InChI=1S/C15H21NO/c1-11-9-13(11)14(17)16-10-15(2,3)12-7-5-4-6-8-12/h4-8,11,13H,9-10H2,1-3H3,(H,16,17). The van der Waals surface area contributed by atoms with Gasteiger partial charge in [0.15, 0.2) is 0 Å². The smallest absolute Gasteiger partial charge is 0.223 e. The zero-order valence-corrected chi connectivity index (χ0v) is 10.9. The number of benzene rings is 1. The average Bonchev–Trinajstić information content (AvgIpc) is 3.05. The van der Waals surface area contributed by atoms with Crippen LogP contribution in [0.25, 0.3) is 0 Å². The number of hydrogen-bond donors (Lipinski definition) is 1. The van der Waals surface area contributed by atoms with E-state index in [4.69, 9.17) is 0 Å². The van der Waals surface area contributed by atoms with Crippen molar-refractivity contribution in [3.8, 4) is 0 Å². The van der Waals surface area contributed by atoms with Gasteiger partial charge in [-0.25, -0.2) is 0 Å². The Labute approximate surface area is 103 Å². The maximum Gasteiger partial charge on any atom is 0.223 e. The SMILES string of the molecule is CC1CC1C(=O)NCC(C)(C)c1ccccc1. The lowest BCUT2D eigenvalue weighted by Crippen LogP contribution is -2.37. The minimum atomic E-state index is -0.00491. The van der Waals surface area contributed by atoms with Gasteiger partial charge < -0.3 is 5.32 Å². The number of carbonyl (C=O) groups is 1. The monoisotopic (exact) mass is 231 g/mol. The molecule has 1 N–H and O–H groups in total. The molecule has 1 aliphatic carbocycles. The van der Waals surface area contributed by atoms with Crippen LogP contribution in [-0.2, 0) is 10.2 Å². The maximum absolute atomic E-state index is 11.8. The first-order chi connectivity index (χ1) is 8.00. The fraction of sp³-hybridized carbons (Fsp3) is 0.533. The summed E-state index contributed by atoms with van der Waals surface area (Å²) in [4.78, 5) is 11.8. The molecule has 2 heteroatoms. The van der Waals surface area contributed by atoms with Gasteiger partial charge in [-0.3, -0.25) is 4.79 Å². The number of rotatable bonds is 4. The van der Waals surface area contributed by atoms with Crippen LogP contribution in [0.5, 0.6) is 0 Å². The van der Waals surface area contributed by atoms with Gasteiger partial charge in [-0.1, -0.05) is 51.1 Å². The second-order valence-electron chi connectivity index (χ2n) is 5.79. The Morgan fingerprint density at radius 2 is 1.94 bits per heavy atom. The molecule has 1 aromatic rings. The van der Waals surface area contributed by atoms with Gasteiger partial charge in [0.05, 0.1) is 0 Å². The molecule has 1 aromatic carbocycles. The maximum atomic E-state index is 11.8. The van der Waals surface area contributed by atoms with Crippen molar-refractivity contribution in [2.45, 2.75) is 32.6 Å². The van der Waals surface area contributed by atoms with Gasteiger partial charge in [-0.15, -0.1) is 0 Å². The third-order valence-electron chi connectivity index (χ3n) is 3.71. The molecule has 17 heavy (non-hydrogen) atoms. The fourth-order valence-corrected chi connectivity index (χ4v) is 2.12. The molecule has 92 valence electrons. The van der Waals surface area contributed by atoms with Crippen LogP contribution in [-0.4, -0.2) is 12.5 Å². The molecule has 1 fully saturated rings. The van der Waals surface area contributed by atoms with E-state index in [1.807, 2.05) is 18.2 Å². The Morgan fingerprint density at radius 1 is 1.35 bits per heavy atom.